The highest BCUT2D eigenvalue weighted by atomic mass is 16.5. The van der Waals surface area contributed by atoms with Gasteiger partial charge in [-0.1, -0.05) is 55.9 Å². The maximum Gasteiger partial charge on any atom is 0.186 e. The van der Waals surface area contributed by atoms with Gasteiger partial charge in [0, 0.05) is 42.9 Å². The average Bonchev–Trinajstić information content (AvgIpc) is 3.68. The number of aliphatic hydroxyl groups excluding tert-OH is 1. The van der Waals surface area contributed by atoms with Crippen molar-refractivity contribution in [3.05, 3.63) is 75.9 Å². The Kier molecular flexibility index (Phi) is 12.2. The highest BCUT2D eigenvalue weighted by molar-refractivity contribution is 5.90. The summed E-state index contributed by atoms with van der Waals surface area (Å²) in [7, 11) is 1.80. The van der Waals surface area contributed by atoms with Crippen LogP contribution in [0.15, 0.2) is 58.6 Å². The molecule has 1 spiro atoms. The molecule has 8 atom stereocenters. The van der Waals surface area contributed by atoms with Crippen molar-refractivity contribution in [2.75, 3.05) is 13.7 Å². The molecule has 7 N–H and O–H groups in total. The number of fused-ring (bicyclic) bond motifs is 1. The Morgan fingerprint density at radius 1 is 1.11 bits per heavy atom. The normalized spacial score (nSPS) is 29.9. The first-order valence-electron chi connectivity index (χ1n) is 21.0. The van der Waals surface area contributed by atoms with E-state index in [1.165, 1.54) is 5.57 Å². The van der Waals surface area contributed by atoms with Crippen LogP contribution in [-0.4, -0.2) is 59.0 Å². The molecule has 3 saturated carbocycles. The second kappa shape index (κ2) is 17.1. The lowest BCUT2D eigenvalue weighted by Gasteiger charge is -2.62. The largest absolute Gasteiger partial charge is 0.508 e. The molecule has 9 nitrogen and oxygen atoms in total. The third kappa shape index (κ3) is 7.97. The Hall–Kier alpha value is -4.26. The summed E-state index contributed by atoms with van der Waals surface area (Å²) in [5.74, 6) is 8.12. The van der Waals surface area contributed by atoms with Crippen molar-refractivity contribution < 1.29 is 29.6 Å². The SMILES string of the molecule is CCCC(=CC(=O)CCc1cc(OC2CCCC2)c(O)c2c1C#CCC(N=C(N)N)CC1C=C3C(c4cccc(O)c4)CC(C)CC34CCC(OC)C1C24)CO. The number of carbonyl (C=O) groups excluding carboxylic acids is 1. The van der Waals surface area contributed by atoms with Gasteiger partial charge in [-0.3, -0.25) is 4.79 Å². The van der Waals surface area contributed by atoms with E-state index in [0.717, 1.165) is 85.6 Å². The van der Waals surface area contributed by atoms with Gasteiger partial charge in [0.2, 0.25) is 0 Å². The van der Waals surface area contributed by atoms with Crippen LogP contribution in [-0.2, 0) is 16.0 Å². The van der Waals surface area contributed by atoms with E-state index in [-0.39, 0.29) is 83.6 Å². The number of rotatable bonds is 12. The van der Waals surface area contributed by atoms with Gasteiger partial charge in [-0.15, -0.1) is 0 Å². The van der Waals surface area contributed by atoms with Crippen LogP contribution in [0.25, 0.3) is 0 Å². The van der Waals surface area contributed by atoms with Crippen molar-refractivity contribution in [1.82, 2.24) is 0 Å². The van der Waals surface area contributed by atoms with Crippen LogP contribution < -0.4 is 16.2 Å². The van der Waals surface area contributed by atoms with Crippen molar-refractivity contribution in [3.8, 4) is 29.1 Å². The summed E-state index contributed by atoms with van der Waals surface area (Å²) in [6, 6.07) is 9.40. The molecule has 0 radical (unpaired) electrons. The van der Waals surface area contributed by atoms with Crippen molar-refractivity contribution in [1.29, 1.82) is 0 Å². The van der Waals surface area contributed by atoms with E-state index in [1.54, 1.807) is 19.3 Å². The molecular weight excluding hydrogens is 703 g/mol. The van der Waals surface area contributed by atoms with E-state index in [4.69, 9.17) is 25.9 Å². The summed E-state index contributed by atoms with van der Waals surface area (Å²) >= 11 is 0. The minimum Gasteiger partial charge on any atom is -0.508 e. The lowest BCUT2D eigenvalue weighted by atomic mass is 9.43. The van der Waals surface area contributed by atoms with Crippen LogP contribution in [0.3, 0.4) is 0 Å². The lowest BCUT2D eigenvalue weighted by Crippen LogP contribution is -2.54. The molecule has 5 aliphatic carbocycles. The van der Waals surface area contributed by atoms with Crippen molar-refractivity contribution in [3.63, 3.8) is 0 Å². The number of ketones is 1. The summed E-state index contributed by atoms with van der Waals surface area (Å²) in [4.78, 5) is 18.2. The fourth-order valence-corrected chi connectivity index (χ4v) is 11.4. The summed E-state index contributed by atoms with van der Waals surface area (Å²) in [6.07, 6.45) is 14.9. The molecule has 5 aliphatic rings. The Morgan fingerprint density at radius 3 is 2.62 bits per heavy atom. The van der Waals surface area contributed by atoms with Gasteiger partial charge in [-0.05, 0) is 135 Å². The highest BCUT2D eigenvalue weighted by Gasteiger charge is 2.61. The van der Waals surface area contributed by atoms with Gasteiger partial charge in [-0.25, -0.2) is 4.99 Å². The topological polar surface area (TPSA) is 161 Å². The summed E-state index contributed by atoms with van der Waals surface area (Å²) < 4.78 is 13.2. The van der Waals surface area contributed by atoms with E-state index in [2.05, 4.69) is 30.9 Å². The van der Waals surface area contributed by atoms with Gasteiger partial charge < -0.3 is 36.3 Å². The molecule has 0 saturated heterocycles. The fraction of sp³-hybridized carbons (Fsp3) is 0.574. The Labute approximate surface area is 332 Å². The number of carbonyl (C=O) groups is 1. The number of hydrogen-bond acceptors (Lipinski definition) is 7. The van der Waals surface area contributed by atoms with E-state index in [0.29, 0.717) is 37.4 Å². The number of nitrogens with zero attached hydrogens (tertiary/aromatic N) is 1. The van der Waals surface area contributed by atoms with Crippen LogP contribution >= 0.6 is 0 Å². The second-order valence-corrected chi connectivity index (χ2v) is 17.3. The Bertz CT molecular complexity index is 1930. The molecule has 0 heterocycles. The molecule has 9 heteroatoms. The fourth-order valence-electron chi connectivity index (χ4n) is 11.4. The molecule has 8 unspecified atom stereocenters. The van der Waals surface area contributed by atoms with Crippen LogP contribution in [0.1, 0.15) is 131 Å². The predicted octanol–water partition coefficient (Wildman–Crippen LogP) is 7.69. The lowest BCUT2D eigenvalue weighted by molar-refractivity contribution is -0.114. The number of methoxy groups -OCH3 is 1. The van der Waals surface area contributed by atoms with E-state index in [9.17, 15) is 20.1 Å². The van der Waals surface area contributed by atoms with Crippen molar-refractivity contribution >= 4 is 11.7 Å². The van der Waals surface area contributed by atoms with Crippen molar-refractivity contribution in [2.24, 2.45) is 39.6 Å². The summed E-state index contributed by atoms with van der Waals surface area (Å²) in [5, 5.41) is 33.5. The molecule has 4 bridgehead atoms. The van der Waals surface area contributed by atoms with Gasteiger partial charge in [0.15, 0.2) is 23.2 Å². The third-order valence-corrected chi connectivity index (χ3v) is 13.5. The minimum atomic E-state index is -0.333. The molecule has 0 aliphatic heterocycles. The number of guanidine groups is 1. The first-order chi connectivity index (χ1) is 27.0. The monoisotopic (exact) mass is 763 g/mol. The number of aliphatic hydroxyl groups is 1. The number of allylic oxidation sites excluding steroid dienone is 3. The number of phenolic OH excluding ortho intramolecular Hbond substituents is 2. The molecule has 2 aromatic rings. The average molecular weight is 764 g/mol. The number of hydrogen-bond donors (Lipinski definition) is 5. The zero-order valence-corrected chi connectivity index (χ0v) is 33.4. The van der Waals surface area contributed by atoms with Crippen LogP contribution in [0.5, 0.6) is 17.2 Å². The van der Waals surface area contributed by atoms with Gasteiger partial charge in [0.25, 0.3) is 0 Å². The van der Waals surface area contributed by atoms with Gasteiger partial charge in [0.05, 0.1) is 24.9 Å². The smallest absolute Gasteiger partial charge is 0.186 e. The number of phenols is 2. The number of benzene rings is 2. The second-order valence-electron chi connectivity index (χ2n) is 17.3. The zero-order chi connectivity index (χ0) is 39.6. The van der Waals surface area contributed by atoms with Crippen LogP contribution in [0.4, 0.5) is 0 Å². The van der Waals surface area contributed by atoms with Crippen molar-refractivity contribution in [2.45, 2.75) is 134 Å². The Morgan fingerprint density at radius 2 is 1.91 bits per heavy atom. The maximum atomic E-state index is 13.5. The highest BCUT2D eigenvalue weighted by Crippen LogP contribution is 2.70. The predicted molar refractivity (Wildman–Crippen MR) is 220 cm³/mol. The quantitative estimate of drug-likeness (QED) is 0.0484. The maximum absolute atomic E-state index is 13.5. The van der Waals surface area contributed by atoms with Gasteiger partial charge >= 0.3 is 0 Å². The molecule has 7 rings (SSSR count). The number of nitrogens with two attached hydrogens (primary N) is 2. The molecule has 56 heavy (non-hydrogen) atoms. The Balaban J connectivity index is 1.48. The third-order valence-electron chi connectivity index (χ3n) is 13.5. The molecular formula is C47H61N3O6. The molecule has 0 amide bonds. The number of ether oxygens (including phenoxy) is 2. The minimum absolute atomic E-state index is 0.00637. The number of aryl methyl sites for hydroxylation is 1. The molecule has 3 fully saturated rings. The van der Waals surface area contributed by atoms with Crippen LogP contribution in [0, 0.1) is 35.0 Å². The standard InChI is InChI=1S/C47H61N3O6/c1-4-9-29(27-51)21-35(53)17-16-31-25-41(56-36-13-5-6-14-36)45(54)43-37(31)15-8-11-33(50-46(48)49)22-32-24-39-38(30-10-7-12-34(52)23-30)20-28(2)26-47(39)19-18-40(55-3)42(32)44(43)47/h7,10,12,21,23-25,28,32-33,36,38,40,42,44,51-52,54H,4-6,9,11,13-14,16-20,22,26-27H2,1-3H3,(H4,48,49,50). The van der Waals surface area contributed by atoms with Crippen LogP contribution in [0.2, 0.25) is 0 Å². The first kappa shape index (κ1) is 40.0. The first-order valence-corrected chi connectivity index (χ1v) is 21.0. The summed E-state index contributed by atoms with van der Waals surface area (Å²) in [6.45, 7) is 4.23. The van der Waals surface area contributed by atoms with E-state index in [1.807, 2.05) is 25.1 Å². The number of aliphatic imine (C=N–C) groups is 1. The molecule has 2 aromatic carbocycles. The molecule has 0 aromatic heterocycles. The molecule has 300 valence electrons. The zero-order valence-electron chi connectivity index (χ0n) is 33.4. The van der Waals surface area contributed by atoms with E-state index >= 15 is 0 Å². The number of aromatic hydroxyl groups is 2. The van der Waals surface area contributed by atoms with Gasteiger partial charge in [-0.2, -0.15) is 0 Å². The van der Waals surface area contributed by atoms with E-state index < -0.39 is 0 Å². The summed E-state index contributed by atoms with van der Waals surface area (Å²) in [5.41, 5.74) is 17.4. The van der Waals surface area contributed by atoms with Gasteiger partial charge in [0.1, 0.15) is 5.75 Å².